The van der Waals surface area contributed by atoms with E-state index in [1.807, 2.05) is 12.1 Å². The fourth-order valence-electron chi connectivity index (χ4n) is 1.48. The highest BCUT2D eigenvalue weighted by molar-refractivity contribution is 5.38. The molecule has 0 aliphatic rings. The smallest absolute Gasteiger partial charge is 0.147 e. The summed E-state index contributed by atoms with van der Waals surface area (Å²) in [4.78, 5) is 0. The Bertz CT molecular complexity index is 309. The van der Waals surface area contributed by atoms with E-state index in [1.54, 1.807) is 0 Å². The van der Waals surface area contributed by atoms with Crippen LogP contribution in [0.3, 0.4) is 0 Å². The quantitative estimate of drug-likeness (QED) is 0.753. The van der Waals surface area contributed by atoms with Gasteiger partial charge in [-0.15, -0.1) is 0 Å². The Labute approximate surface area is 92.4 Å². The first-order valence-corrected chi connectivity index (χ1v) is 5.63. The maximum atomic E-state index is 5.89. The Morgan fingerprint density at radius 1 is 1.33 bits per heavy atom. The predicted octanol–water partition coefficient (Wildman–Crippen LogP) is 3.16. The number of aryl methyl sites for hydroxylation is 1. The number of unbranched alkanes of at least 4 members (excludes halogenated alkanes) is 1. The largest absolute Gasteiger partial charge is 0.475 e. The minimum Gasteiger partial charge on any atom is -0.475 e. The molecule has 1 atom stereocenters. The molecule has 0 heterocycles. The molecule has 1 rings (SSSR count). The molecule has 2 nitrogen and oxygen atoms in total. The fraction of sp³-hybridized carbons (Fsp3) is 0.538. The third-order valence-electron chi connectivity index (χ3n) is 2.68. The van der Waals surface area contributed by atoms with Gasteiger partial charge in [-0.1, -0.05) is 25.5 Å². The first-order valence-electron chi connectivity index (χ1n) is 5.63. The molecule has 2 N–H and O–H groups in total. The zero-order valence-electron chi connectivity index (χ0n) is 9.92. The van der Waals surface area contributed by atoms with Gasteiger partial charge in [-0.25, -0.2) is 0 Å². The van der Waals surface area contributed by atoms with E-state index >= 15 is 0 Å². The second-order valence-electron chi connectivity index (χ2n) is 4.00. The zero-order chi connectivity index (χ0) is 11.3. The molecule has 0 spiro atoms. The van der Waals surface area contributed by atoms with E-state index in [0.29, 0.717) is 0 Å². The Hall–Kier alpha value is -1.02. The molecule has 84 valence electrons. The van der Waals surface area contributed by atoms with Crippen LogP contribution in [0.15, 0.2) is 18.2 Å². The van der Waals surface area contributed by atoms with E-state index in [0.717, 1.165) is 25.0 Å². The summed E-state index contributed by atoms with van der Waals surface area (Å²) in [5, 5.41) is 0. The normalized spacial score (nSPS) is 12.5. The molecule has 0 aromatic heterocycles. The molecular formula is C13H21NO. The monoisotopic (exact) mass is 207 g/mol. The molecule has 0 aliphatic carbocycles. The van der Waals surface area contributed by atoms with Gasteiger partial charge in [0.25, 0.3) is 0 Å². The third kappa shape index (κ3) is 3.56. The van der Waals surface area contributed by atoms with Crippen LogP contribution in [0.1, 0.15) is 37.3 Å². The van der Waals surface area contributed by atoms with Crippen molar-refractivity contribution in [3.05, 3.63) is 29.3 Å². The molecule has 1 unspecified atom stereocenters. The van der Waals surface area contributed by atoms with Crippen molar-refractivity contribution in [3.8, 4) is 5.75 Å². The zero-order valence-corrected chi connectivity index (χ0v) is 9.92. The summed E-state index contributed by atoms with van der Waals surface area (Å²) in [7, 11) is 0. The van der Waals surface area contributed by atoms with Crippen molar-refractivity contribution in [2.75, 3.05) is 0 Å². The minimum absolute atomic E-state index is 0.176. The topological polar surface area (TPSA) is 35.2 Å². The van der Waals surface area contributed by atoms with Crippen LogP contribution in [-0.2, 0) is 0 Å². The standard InChI is InChI=1S/C13H21NO/c1-4-5-9-13(14)15-12-8-6-7-10(2)11(12)3/h6-8,13H,4-5,9,14H2,1-3H3. The van der Waals surface area contributed by atoms with Gasteiger partial charge in [-0.2, -0.15) is 0 Å². The Morgan fingerprint density at radius 3 is 2.73 bits per heavy atom. The highest BCUT2D eigenvalue weighted by atomic mass is 16.5. The number of benzene rings is 1. The maximum absolute atomic E-state index is 5.89. The Morgan fingerprint density at radius 2 is 2.07 bits per heavy atom. The fourth-order valence-corrected chi connectivity index (χ4v) is 1.48. The average Bonchev–Trinajstić information content (AvgIpc) is 2.22. The van der Waals surface area contributed by atoms with Crippen molar-refractivity contribution in [2.45, 2.75) is 46.3 Å². The Balaban J connectivity index is 2.60. The number of hydrogen-bond acceptors (Lipinski definition) is 2. The lowest BCUT2D eigenvalue weighted by atomic mass is 10.1. The van der Waals surface area contributed by atoms with Crippen molar-refractivity contribution in [2.24, 2.45) is 5.73 Å². The Kier molecular flexibility index (Phi) is 4.63. The van der Waals surface area contributed by atoms with Gasteiger partial charge in [-0.3, -0.25) is 5.73 Å². The van der Waals surface area contributed by atoms with E-state index in [2.05, 4.69) is 26.8 Å². The van der Waals surface area contributed by atoms with Crippen LogP contribution in [0.2, 0.25) is 0 Å². The van der Waals surface area contributed by atoms with Crippen LogP contribution in [0.5, 0.6) is 5.75 Å². The summed E-state index contributed by atoms with van der Waals surface area (Å²) in [6.45, 7) is 6.31. The molecule has 0 amide bonds. The first-order chi connectivity index (χ1) is 7.15. The van der Waals surface area contributed by atoms with Crippen LogP contribution >= 0.6 is 0 Å². The van der Waals surface area contributed by atoms with Gasteiger partial charge in [0, 0.05) is 0 Å². The summed E-state index contributed by atoms with van der Waals surface area (Å²) in [5.41, 5.74) is 8.32. The molecule has 1 aromatic rings. The number of hydrogen-bond donors (Lipinski definition) is 1. The van der Waals surface area contributed by atoms with Gasteiger partial charge in [0.05, 0.1) is 0 Å². The summed E-state index contributed by atoms with van der Waals surface area (Å²) in [6, 6.07) is 6.07. The molecule has 0 radical (unpaired) electrons. The summed E-state index contributed by atoms with van der Waals surface area (Å²) >= 11 is 0. The second-order valence-corrected chi connectivity index (χ2v) is 4.00. The van der Waals surface area contributed by atoms with Gasteiger partial charge in [0.15, 0.2) is 0 Å². The molecule has 0 aliphatic heterocycles. The minimum atomic E-state index is -0.176. The van der Waals surface area contributed by atoms with Crippen LogP contribution in [0.4, 0.5) is 0 Å². The molecule has 0 saturated carbocycles. The summed E-state index contributed by atoms with van der Waals surface area (Å²) < 4.78 is 5.71. The lowest BCUT2D eigenvalue weighted by Gasteiger charge is -2.16. The van der Waals surface area contributed by atoms with Crippen molar-refractivity contribution in [3.63, 3.8) is 0 Å². The number of nitrogens with two attached hydrogens (primary N) is 1. The van der Waals surface area contributed by atoms with Crippen molar-refractivity contribution >= 4 is 0 Å². The molecule has 0 saturated heterocycles. The van der Waals surface area contributed by atoms with Crippen LogP contribution in [0, 0.1) is 13.8 Å². The average molecular weight is 207 g/mol. The van der Waals surface area contributed by atoms with E-state index < -0.39 is 0 Å². The van der Waals surface area contributed by atoms with Crippen LogP contribution < -0.4 is 10.5 Å². The first kappa shape index (κ1) is 12.1. The lowest BCUT2D eigenvalue weighted by molar-refractivity contribution is 0.194. The highest BCUT2D eigenvalue weighted by Crippen LogP contribution is 2.21. The number of ether oxygens (including phenoxy) is 1. The maximum Gasteiger partial charge on any atom is 0.147 e. The SMILES string of the molecule is CCCCC(N)Oc1cccc(C)c1C. The van der Waals surface area contributed by atoms with Gasteiger partial charge >= 0.3 is 0 Å². The van der Waals surface area contributed by atoms with Crippen LogP contribution in [0.25, 0.3) is 0 Å². The van der Waals surface area contributed by atoms with Crippen LogP contribution in [-0.4, -0.2) is 6.23 Å². The summed E-state index contributed by atoms with van der Waals surface area (Å²) in [6.07, 6.45) is 3.02. The number of rotatable bonds is 5. The van der Waals surface area contributed by atoms with Crippen molar-refractivity contribution in [1.82, 2.24) is 0 Å². The van der Waals surface area contributed by atoms with E-state index in [9.17, 15) is 0 Å². The molecule has 0 bridgehead atoms. The molecule has 1 aromatic carbocycles. The molecule has 0 fully saturated rings. The third-order valence-corrected chi connectivity index (χ3v) is 2.68. The van der Waals surface area contributed by atoms with E-state index in [1.165, 1.54) is 11.1 Å². The lowest BCUT2D eigenvalue weighted by Crippen LogP contribution is -2.27. The van der Waals surface area contributed by atoms with Gasteiger partial charge in [-0.05, 0) is 43.9 Å². The van der Waals surface area contributed by atoms with Gasteiger partial charge in [0.2, 0.25) is 0 Å². The van der Waals surface area contributed by atoms with Crippen molar-refractivity contribution < 1.29 is 4.74 Å². The van der Waals surface area contributed by atoms with Crippen molar-refractivity contribution in [1.29, 1.82) is 0 Å². The highest BCUT2D eigenvalue weighted by Gasteiger charge is 2.06. The van der Waals surface area contributed by atoms with Gasteiger partial charge in [0.1, 0.15) is 12.0 Å². The molecule has 15 heavy (non-hydrogen) atoms. The van der Waals surface area contributed by atoms with Gasteiger partial charge < -0.3 is 4.74 Å². The summed E-state index contributed by atoms with van der Waals surface area (Å²) in [5.74, 6) is 0.915. The predicted molar refractivity (Wildman–Crippen MR) is 64.0 cm³/mol. The van der Waals surface area contributed by atoms with E-state index in [-0.39, 0.29) is 6.23 Å². The molecular weight excluding hydrogens is 186 g/mol. The molecule has 2 heteroatoms. The second kappa shape index (κ2) is 5.76. The van der Waals surface area contributed by atoms with E-state index in [4.69, 9.17) is 10.5 Å².